The van der Waals surface area contributed by atoms with E-state index in [1.54, 1.807) is 4.68 Å². The monoisotopic (exact) mass is 424 g/mol. The minimum atomic E-state index is -3.57. The first-order chi connectivity index (χ1) is 14.4. The lowest BCUT2D eigenvalue weighted by Gasteiger charge is -2.20. The largest absolute Gasteiger partial charge is 0.454 e. The van der Waals surface area contributed by atoms with Crippen LogP contribution in [0.15, 0.2) is 59.8 Å². The van der Waals surface area contributed by atoms with Gasteiger partial charge in [-0.1, -0.05) is 18.2 Å². The van der Waals surface area contributed by atoms with Crippen molar-refractivity contribution in [2.24, 2.45) is 5.10 Å². The summed E-state index contributed by atoms with van der Waals surface area (Å²) in [5.74, 6) is 1.31. The van der Waals surface area contributed by atoms with Gasteiger partial charge in [-0.2, -0.15) is 14.6 Å². The summed E-state index contributed by atoms with van der Waals surface area (Å²) in [6.07, 6.45) is 3.49. The molecule has 3 heterocycles. The van der Waals surface area contributed by atoms with Crippen LogP contribution in [0.25, 0.3) is 5.69 Å². The normalized spacial score (nSPS) is 18.0. The third kappa shape index (κ3) is 3.21. The van der Waals surface area contributed by atoms with Crippen molar-refractivity contribution in [3.63, 3.8) is 0 Å². The number of nitrogens with zero attached hydrogens (tertiary/aromatic N) is 4. The summed E-state index contributed by atoms with van der Waals surface area (Å²) >= 11 is 0. The van der Waals surface area contributed by atoms with Crippen molar-refractivity contribution >= 4 is 15.7 Å². The van der Waals surface area contributed by atoms with Crippen LogP contribution in [0.4, 0.5) is 0 Å². The Morgan fingerprint density at radius 2 is 1.83 bits per heavy atom. The second-order valence-electron chi connectivity index (χ2n) is 7.32. The number of aromatic nitrogens is 2. The average Bonchev–Trinajstić information content (AvgIpc) is 3.45. The zero-order valence-electron chi connectivity index (χ0n) is 16.5. The van der Waals surface area contributed by atoms with E-state index in [1.807, 2.05) is 61.7 Å². The lowest BCUT2D eigenvalue weighted by molar-refractivity contribution is 0.174. The molecule has 0 saturated carbocycles. The summed E-state index contributed by atoms with van der Waals surface area (Å²) in [5.41, 5.74) is 3.98. The van der Waals surface area contributed by atoms with E-state index < -0.39 is 16.1 Å². The Labute approximate surface area is 174 Å². The number of hydrogen-bond donors (Lipinski definition) is 0. The summed E-state index contributed by atoms with van der Waals surface area (Å²) in [4.78, 5) is 0. The van der Waals surface area contributed by atoms with Gasteiger partial charge in [-0.15, -0.1) is 0 Å². The molecule has 0 fully saturated rings. The lowest BCUT2D eigenvalue weighted by Crippen LogP contribution is -2.26. The van der Waals surface area contributed by atoms with Gasteiger partial charge in [0.2, 0.25) is 16.8 Å². The third-order valence-corrected chi connectivity index (χ3v) is 6.25. The minimum Gasteiger partial charge on any atom is -0.454 e. The molecule has 30 heavy (non-hydrogen) atoms. The van der Waals surface area contributed by atoms with E-state index in [1.165, 1.54) is 10.7 Å². The fraction of sp³-hybridized carbons (Fsp3) is 0.238. The molecule has 2 aromatic carbocycles. The second-order valence-corrected chi connectivity index (χ2v) is 9.16. The average molecular weight is 424 g/mol. The standard InChI is InChI=1S/C21H20N4O4S/c1-14-17(12-24(22-14)16-6-4-3-5-7-16)19-11-18(23-25(19)30(2,26)27)15-8-9-20-21(10-15)29-13-28-20/h3-10,12,19H,11,13H2,1-2H3/t19-/m0/s1. The molecule has 2 aliphatic rings. The van der Waals surface area contributed by atoms with Crippen LogP contribution in [0.5, 0.6) is 11.5 Å². The third-order valence-electron chi connectivity index (χ3n) is 5.23. The molecule has 2 aliphatic heterocycles. The highest BCUT2D eigenvalue weighted by Gasteiger charge is 2.36. The van der Waals surface area contributed by atoms with Gasteiger partial charge in [0, 0.05) is 23.7 Å². The maximum absolute atomic E-state index is 12.5. The molecule has 8 nitrogen and oxygen atoms in total. The molecular formula is C21H20N4O4S. The first-order valence-corrected chi connectivity index (χ1v) is 11.3. The van der Waals surface area contributed by atoms with Gasteiger partial charge in [-0.25, -0.2) is 13.1 Å². The molecular weight excluding hydrogens is 404 g/mol. The van der Waals surface area contributed by atoms with E-state index >= 15 is 0 Å². The summed E-state index contributed by atoms with van der Waals surface area (Å²) in [7, 11) is -3.57. The number of hydrogen-bond acceptors (Lipinski definition) is 6. The predicted octanol–water partition coefficient (Wildman–Crippen LogP) is 3.02. The smallest absolute Gasteiger partial charge is 0.247 e. The zero-order chi connectivity index (χ0) is 20.9. The second kappa shape index (κ2) is 6.88. The van der Waals surface area contributed by atoms with Crippen LogP contribution in [-0.2, 0) is 10.0 Å². The summed E-state index contributed by atoms with van der Waals surface area (Å²) in [6.45, 7) is 2.06. The van der Waals surface area contributed by atoms with Crippen molar-refractivity contribution in [1.82, 2.24) is 14.2 Å². The maximum Gasteiger partial charge on any atom is 0.247 e. The van der Waals surface area contributed by atoms with Crippen LogP contribution < -0.4 is 9.47 Å². The highest BCUT2D eigenvalue weighted by molar-refractivity contribution is 7.88. The summed E-state index contributed by atoms with van der Waals surface area (Å²) < 4.78 is 38.8. The molecule has 154 valence electrons. The van der Waals surface area contributed by atoms with Crippen LogP contribution in [0.2, 0.25) is 0 Å². The minimum absolute atomic E-state index is 0.182. The first kappa shape index (κ1) is 18.7. The van der Waals surface area contributed by atoms with Gasteiger partial charge in [-0.3, -0.25) is 0 Å². The van der Waals surface area contributed by atoms with Gasteiger partial charge < -0.3 is 9.47 Å². The van der Waals surface area contributed by atoms with Crippen LogP contribution in [0, 0.1) is 6.92 Å². The fourth-order valence-corrected chi connectivity index (χ4v) is 4.69. The van der Waals surface area contributed by atoms with Crippen LogP contribution in [0.1, 0.15) is 29.3 Å². The SMILES string of the molecule is Cc1nn(-c2ccccc2)cc1[C@@H]1CC(c2ccc3c(c2)OCO3)=NN1S(C)(=O)=O. The van der Waals surface area contributed by atoms with E-state index in [2.05, 4.69) is 10.2 Å². The number of fused-ring (bicyclic) bond motifs is 1. The molecule has 1 aromatic heterocycles. The molecule has 0 aliphatic carbocycles. The van der Waals surface area contributed by atoms with E-state index in [0.717, 1.165) is 22.5 Å². The Morgan fingerprint density at radius 1 is 1.07 bits per heavy atom. The predicted molar refractivity (Wildman–Crippen MR) is 111 cm³/mol. The van der Waals surface area contributed by atoms with Gasteiger partial charge in [0.15, 0.2) is 11.5 Å². The number of rotatable bonds is 4. The Bertz CT molecular complexity index is 1250. The van der Waals surface area contributed by atoms with Crippen molar-refractivity contribution in [2.75, 3.05) is 13.0 Å². The van der Waals surface area contributed by atoms with Gasteiger partial charge in [0.1, 0.15) is 0 Å². The van der Waals surface area contributed by atoms with Crippen molar-refractivity contribution in [3.8, 4) is 17.2 Å². The number of para-hydroxylation sites is 1. The van der Waals surface area contributed by atoms with Crippen molar-refractivity contribution in [3.05, 3.63) is 71.5 Å². The van der Waals surface area contributed by atoms with E-state index in [0.29, 0.717) is 23.6 Å². The molecule has 9 heteroatoms. The Balaban J connectivity index is 1.52. The quantitative estimate of drug-likeness (QED) is 0.643. The van der Waals surface area contributed by atoms with Crippen LogP contribution in [-0.4, -0.2) is 41.4 Å². The highest BCUT2D eigenvalue weighted by Crippen LogP contribution is 2.38. The van der Waals surface area contributed by atoms with Gasteiger partial charge in [-0.05, 0) is 37.3 Å². The molecule has 0 spiro atoms. The van der Waals surface area contributed by atoms with Gasteiger partial charge >= 0.3 is 0 Å². The van der Waals surface area contributed by atoms with Crippen molar-refractivity contribution < 1.29 is 17.9 Å². The number of benzene rings is 2. The molecule has 3 aromatic rings. The number of ether oxygens (including phenoxy) is 2. The highest BCUT2D eigenvalue weighted by atomic mass is 32.2. The fourth-order valence-electron chi connectivity index (χ4n) is 3.79. The molecule has 0 saturated heterocycles. The van der Waals surface area contributed by atoms with Crippen LogP contribution in [0.3, 0.4) is 0 Å². The molecule has 5 rings (SSSR count). The van der Waals surface area contributed by atoms with E-state index in [-0.39, 0.29) is 6.79 Å². The Kier molecular flexibility index (Phi) is 4.28. The van der Waals surface area contributed by atoms with Gasteiger partial charge in [0.05, 0.1) is 29.4 Å². The first-order valence-electron chi connectivity index (χ1n) is 9.48. The molecule has 1 atom stereocenters. The molecule has 0 amide bonds. The topological polar surface area (TPSA) is 86.0 Å². The van der Waals surface area contributed by atoms with E-state index in [4.69, 9.17) is 9.47 Å². The molecule has 0 bridgehead atoms. The Hall–Kier alpha value is -3.33. The van der Waals surface area contributed by atoms with Crippen molar-refractivity contribution in [1.29, 1.82) is 0 Å². The van der Waals surface area contributed by atoms with E-state index in [9.17, 15) is 8.42 Å². The Morgan fingerprint density at radius 3 is 2.60 bits per heavy atom. The number of aryl methyl sites for hydroxylation is 1. The number of sulfonamides is 1. The van der Waals surface area contributed by atoms with Crippen molar-refractivity contribution in [2.45, 2.75) is 19.4 Å². The summed E-state index contributed by atoms with van der Waals surface area (Å²) in [6, 6.07) is 14.8. The maximum atomic E-state index is 12.5. The zero-order valence-corrected chi connectivity index (χ0v) is 17.3. The lowest BCUT2D eigenvalue weighted by atomic mass is 9.99. The summed E-state index contributed by atoms with van der Waals surface area (Å²) in [5, 5.41) is 9.06. The molecule has 0 N–H and O–H groups in total. The molecule has 0 radical (unpaired) electrons. The molecule has 0 unspecified atom stereocenters. The van der Waals surface area contributed by atoms with Gasteiger partial charge in [0.25, 0.3) is 0 Å². The van der Waals surface area contributed by atoms with Crippen LogP contribution >= 0.6 is 0 Å². The number of hydrazone groups is 1.